The summed E-state index contributed by atoms with van der Waals surface area (Å²) < 4.78 is 5.52. The maximum Gasteiger partial charge on any atom is 0.512 e. The summed E-state index contributed by atoms with van der Waals surface area (Å²) in [6.45, 7) is 0. The van der Waals surface area contributed by atoms with Crippen LogP contribution in [0.2, 0.25) is 0 Å². The van der Waals surface area contributed by atoms with Crippen molar-refractivity contribution in [2.24, 2.45) is 10.9 Å². The van der Waals surface area contributed by atoms with E-state index in [9.17, 15) is 24.3 Å². The largest absolute Gasteiger partial charge is 0.512 e. The third-order valence-corrected chi connectivity index (χ3v) is 8.99. The van der Waals surface area contributed by atoms with Crippen molar-refractivity contribution in [1.29, 1.82) is 0 Å². The molecule has 1 unspecified atom stereocenters. The normalized spacial score (nSPS) is 19.4. The van der Waals surface area contributed by atoms with Gasteiger partial charge in [0.05, 0.1) is 9.72 Å². The number of β-lactam (4-membered cyclic amide) rings is 1. The number of amides is 3. The highest BCUT2D eigenvalue weighted by atomic mass is 32.2. The molecule has 0 radical (unpaired) electrons. The molecular weight excluding hydrogens is 555 g/mol. The zero-order chi connectivity index (χ0) is 26.0. The number of nitrogens with two attached hydrogens (primary N) is 2. The van der Waals surface area contributed by atoms with Crippen LogP contribution in [0.4, 0.5) is 9.93 Å². The zero-order valence-corrected chi connectivity index (χ0v) is 21.5. The second kappa shape index (κ2) is 10.7. The van der Waals surface area contributed by atoms with E-state index >= 15 is 0 Å². The molecular formula is C18H17N7O7S4. The second-order valence-corrected chi connectivity index (χ2v) is 11.1. The molecule has 2 aromatic rings. The number of hydrogen-bond donors (Lipinski definition) is 4. The Hall–Kier alpha value is -3.35. The predicted octanol–water partition coefficient (Wildman–Crippen LogP) is 0.730. The number of thiazole rings is 2. The van der Waals surface area contributed by atoms with Crippen molar-refractivity contribution in [3.8, 4) is 0 Å². The van der Waals surface area contributed by atoms with Crippen molar-refractivity contribution in [3.05, 3.63) is 33.7 Å². The molecule has 3 amide bonds. The first-order valence-electron chi connectivity index (χ1n) is 9.78. The predicted molar refractivity (Wildman–Crippen MR) is 133 cm³/mol. The van der Waals surface area contributed by atoms with Crippen LogP contribution in [0.3, 0.4) is 0 Å². The fourth-order valence-corrected chi connectivity index (χ4v) is 7.18. The highest BCUT2D eigenvalue weighted by Crippen LogP contribution is 2.42. The van der Waals surface area contributed by atoms with Gasteiger partial charge in [0.1, 0.15) is 24.2 Å². The van der Waals surface area contributed by atoms with Crippen LogP contribution in [0.25, 0.3) is 0 Å². The minimum absolute atomic E-state index is 0.117. The minimum atomic E-state index is -1.59. The number of anilines is 1. The van der Waals surface area contributed by atoms with Gasteiger partial charge in [0.15, 0.2) is 16.5 Å². The number of oxime groups is 1. The number of ether oxygens (including phenoxy) is 1. The summed E-state index contributed by atoms with van der Waals surface area (Å²) in [6.07, 6.45) is -1.59. The van der Waals surface area contributed by atoms with Crippen molar-refractivity contribution in [2.75, 3.05) is 24.3 Å². The number of hydrogen-bond acceptors (Lipinski definition) is 14. The van der Waals surface area contributed by atoms with Crippen LogP contribution in [-0.4, -0.2) is 79.6 Å². The first-order chi connectivity index (χ1) is 17.2. The average molecular weight is 572 g/mol. The molecule has 190 valence electrons. The van der Waals surface area contributed by atoms with Crippen molar-refractivity contribution in [1.82, 2.24) is 20.2 Å². The van der Waals surface area contributed by atoms with E-state index in [4.69, 9.17) is 21.0 Å². The number of carbonyl (C=O) groups excluding carboxylic acids is 3. The summed E-state index contributed by atoms with van der Waals surface area (Å²) in [4.78, 5) is 62.6. The van der Waals surface area contributed by atoms with Crippen LogP contribution in [0, 0.1) is 0 Å². The second-order valence-electron chi connectivity index (χ2n) is 6.97. The third-order valence-electron chi connectivity index (χ3n) is 4.77. The maximum atomic E-state index is 13.0. The van der Waals surface area contributed by atoms with Crippen LogP contribution >= 0.6 is 46.2 Å². The van der Waals surface area contributed by atoms with Crippen molar-refractivity contribution < 1.29 is 33.9 Å². The molecule has 6 N–H and O–H groups in total. The summed E-state index contributed by atoms with van der Waals surface area (Å²) >= 11 is 4.86. The summed E-state index contributed by atoms with van der Waals surface area (Å²) in [5, 5.41) is 16.7. The van der Waals surface area contributed by atoms with E-state index in [-0.39, 0.29) is 33.9 Å². The van der Waals surface area contributed by atoms with E-state index in [1.807, 2.05) is 0 Å². The van der Waals surface area contributed by atoms with Crippen molar-refractivity contribution in [2.45, 2.75) is 15.6 Å². The standard InChI is InChI=1S/C18H17N7O7S4/c1-31-24-8(7-4-35-17(20)22-7)12(27)23-10-13(28)25-14(32-18(29)30)6(2-33-15(10)25)3-34-16-9(11(19)26)21-5-36-16/h4-5,10,15H,2-3H2,1H3,(H2,19,26)(H2,20,22)(H,23,27)(H,29,30)/b24-8-/t10?,15-/m0/s1. The summed E-state index contributed by atoms with van der Waals surface area (Å²) in [6, 6.07) is -0.968. The van der Waals surface area contributed by atoms with E-state index < -0.39 is 35.3 Å². The van der Waals surface area contributed by atoms with E-state index in [2.05, 4.69) is 20.4 Å². The number of nitrogens with one attached hydrogen (secondary N) is 1. The molecule has 0 bridgehead atoms. The third kappa shape index (κ3) is 5.11. The fraction of sp³-hybridized carbons (Fsp3) is 0.278. The summed E-state index contributed by atoms with van der Waals surface area (Å²) in [5.41, 5.74) is 13.1. The summed E-state index contributed by atoms with van der Waals surface area (Å²) in [7, 11) is 1.26. The molecule has 4 heterocycles. The molecule has 2 aliphatic heterocycles. The molecule has 2 aliphatic rings. The number of rotatable bonds is 9. The van der Waals surface area contributed by atoms with Crippen LogP contribution in [0.1, 0.15) is 16.2 Å². The number of nitrogens with zero attached hydrogens (tertiary/aromatic N) is 4. The number of carboxylic acid groups (broad SMARTS) is 1. The van der Waals surface area contributed by atoms with Crippen LogP contribution in [-0.2, 0) is 19.2 Å². The van der Waals surface area contributed by atoms with Crippen LogP contribution in [0.5, 0.6) is 0 Å². The quantitative estimate of drug-likeness (QED) is 0.108. The molecule has 2 aromatic heterocycles. The molecule has 18 heteroatoms. The fourth-order valence-electron chi connectivity index (χ4n) is 3.27. The Morgan fingerprint density at radius 2 is 2.17 bits per heavy atom. The molecule has 14 nitrogen and oxygen atoms in total. The van der Waals surface area contributed by atoms with E-state index in [0.717, 1.165) is 11.3 Å². The molecule has 0 spiro atoms. The Morgan fingerprint density at radius 3 is 2.81 bits per heavy atom. The number of fused-ring (bicyclic) bond motifs is 1. The molecule has 0 saturated carbocycles. The molecule has 1 fully saturated rings. The molecule has 2 atom stereocenters. The lowest BCUT2D eigenvalue weighted by molar-refractivity contribution is -0.148. The number of primary amides is 1. The Balaban J connectivity index is 1.51. The van der Waals surface area contributed by atoms with Gasteiger partial charge in [-0.15, -0.1) is 46.2 Å². The molecule has 1 saturated heterocycles. The van der Waals surface area contributed by atoms with Gasteiger partial charge in [0, 0.05) is 22.5 Å². The number of carbonyl (C=O) groups is 4. The first kappa shape index (κ1) is 25.7. The maximum absolute atomic E-state index is 13.0. The summed E-state index contributed by atoms with van der Waals surface area (Å²) in [5.74, 6) is -1.55. The van der Waals surface area contributed by atoms with Gasteiger partial charge in [0.25, 0.3) is 17.7 Å². The van der Waals surface area contributed by atoms with E-state index in [0.29, 0.717) is 15.5 Å². The Kier molecular flexibility index (Phi) is 7.67. The number of aromatic nitrogens is 2. The number of thioether (sulfide) groups is 2. The van der Waals surface area contributed by atoms with Crippen molar-refractivity contribution >= 4 is 80.9 Å². The molecule has 4 rings (SSSR count). The van der Waals surface area contributed by atoms with Crippen LogP contribution in [0.15, 0.2) is 31.7 Å². The minimum Gasteiger partial charge on any atom is -0.449 e. The highest BCUT2D eigenvalue weighted by Gasteiger charge is 2.54. The van der Waals surface area contributed by atoms with Gasteiger partial charge in [-0.1, -0.05) is 5.16 Å². The molecule has 0 aliphatic carbocycles. The highest BCUT2D eigenvalue weighted by molar-refractivity contribution is 8.02. The smallest absolute Gasteiger partial charge is 0.449 e. The number of nitrogen functional groups attached to an aromatic ring is 1. The monoisotopic (exact) mass is 571 g/mol. The van der Waals surface area contributed by atoms with Gasteiger partial charge < -0.3 is 31.5 Å². The Labute approximate surface area is 219 Å². The van der Waals surface area contributed by atoms with Crippen LogP contribution < -0.4 is 16.8 Å². The Morgan fingerprint density at radius 1 is 1.39 bits per heavy atom. The van der Waals surface area contributed by atoms with Gasteiger partial charge in [-0.3, -0.25) is 19.3 Å². The lowest BCUT2D eigenvalue weighted by atomic mass is 10.1. The molecule has 0 aromatic carbocycles. The van der Waals surface area contributed by atoms with E-state index in [1.165, 1.54) is 57.8 Å². The SMILES string of the molecule is CO/N=C(\C(=O)NC1C(=O)N2C(OC(=O)O)=C(CSc3scnc3C(N)=O)CS[C@@H]12)c1csc(N)n1. The Bertz CT molecular complexity index is 1290. The first-order valence-corrected chi connectivity index (χ1v) is 13.6. The zero-order valence-electron chi connectivity index (χ0n) is 18.2. The topological polar surface area (TPSA) is 212 Å². The van der Waals surface area contributed by atoms with Gasteiger partial charge in [-0.2, -0.15) is 0 Å². The lowest BCUT2D eigenvalue weighted by Crippen LogP contribution is -2.70. The van der Waals surface area contributed by atoms with Gasteiger partial charge in [-0.25, -0.2) is 14.8 Å². The molecule has 36 heavy (non-hydrogen) atoms. The average Bonchev–Trinajstić information content (AvgIpc) is 3.48. The van der Waals surface area contributed by atoms with Crippen molar-refractivity contribution in [3.63, 3.8) is 0 Å². The van der Waals surface area contributed by atoms with E-state index in [1.54, 1.807) is 0 Å². The van der Waals surface area contributed by atoms with Gasteiger partial charge >= 0.3 is 6.16 Å². The lowest BCUT2D eigenvalue weighted by Gasteiger charge is -2.49. The van der Waals surface area contributed by atoms with Gasteiger partial charge in [0.2, 0.25) is 5.88 Å². The van der Waals surface area contributed by atoms with Gasteiger partial charge in [-0.05, 0) is 0 Å².